The third kappa shape index (κ3) is 6.68. The number of hydrogen-bond acceptors (Lipinski definition) is 7. The Morgan fingerprint density at radius 2 is 1.81 bits per heavy atom. The second-order valence-corrected chi connectivity index (χ2v) is 13.1. The molecule has 0 unspecified atom stereocenters. The molecule has 5 aliphatic rings. The van der Waals surface area contributed by atoms with Crippen LogP contribution in [-0.4, -0.2) is 86.5 Å². The molecule has 0 radical (unpaired) electrons. The molecular formula is C31H38N4O6S. The van der Waals surface area contributed by atoms with Gasteiger partial charge in [0.2, 0.25) is 10.0 Å². The predicted molar refractivity (Wildman–Crippen MR) is 160 cm³/mol. The van der Waals surface area contributed by atoms with Crippen molar-refractivity contribution in [2.75, 3.05) is 45.6 Å². The van der Waals surface area contributed by atoms with E-state index in [0.29, 0.717) is 56.2 Å². The average molecular weight is 595 g/mol. The number of rotatable bonds is 0. The van der Waals surface area contributed by atoms with Gasteiger partial charge in [0.15, 0.2) is 0 Å². The molecule has 0 saturated carbocycles. The van der Waals surface area contributed by atoms with E-state index in [2.05, 4.69) is 5.32 Å². The van der Waals surface area contributed by atoms with Crippen molar-refractivity contribution in [3.8, 4) is 5.75 Å². The van der Waals surface area contributed by atoms with Crippen LogP contribution < -0.4 is 10.1 Å². The van der Waals surface area contributed by atoms with Crippen LogP contribution in [-0.2, 0) is 26.0 Å². The minimum absolute atomic E-state index is 0.0492. The highest BCUT2D eigenvalue weighted by molar-refractivity contribution is 7.89. The highest BCUT2D eigenvalue weighted by Gasteiger charge is 2.47. The number of nitrogens with one attached hydrogen (secondary N) is 1. The van der Waals surface area contributed by atoms with Crippen LogP contribution in [0.4, 0.5) is 0 Å². The number of likely N-dealkylation sites (N-methyl/N-ethyl adjacent to an activating group) is 1. The number of piperidine rings is 1. The quantitative estimate of drug-likeness (QED) is 0.501. The molecule has 1 saturated heterocycles. The maximum atomic E-state index is 13.3. The molecular weight excluding hydrogens is 556 g/mol. The molecule has 1 spiro atoms. The number of aliphatic imine (C=N–C) groups is 1. The van der Waals surface area contributed by atoms with E-state index in [1.165, 1.54) is 4.31 Å². The van der Waals surface area contributed by atoms with Gasteiger partial charge >= 0.3 is 0 Å². The van der Waals surface area contributed by atoms with Crippen molar-refractivity contribution in [1.29, 1.82) is 0 Å². The highest BCUT2D eigenvalue weighted by atomic mass is 32.2. The van der Waals surface area contributed by atoms with Crippen molar-refractivity contribution in [3.63, 3.8) is 0 Å². The Bertz CT molecular complexity index is 1490. The lowest BCUT2D eigenvalue weighted by molar-refractivity contribution is -0.124. The minimum Gasteiger partial charge on any atom is -0.500 e. The van der Waals surface area contributed by atoms with Gasteiger partial charge in [0.25, 0.3) is 11.8 Å². The van der Waals surface area contributed by atoms with Gasteiger partial charge in [-0.3, -0.25) is 14.6 Å². The summed E-state index contributed by atoms with van der Waals surface area (Å²) in [5, 5.41) is 2.92. The van der Waals surface area contributed by atoms with E-state index in [1.54, 1.807) is 24.3 Å². The molecule has 2 aromatic carbocycles. The Hall–Kier alpha value is -3.70. The van der Waals surface area contributed by atoms with Crippen LogP contribution in [0.15, 0.2) is 59.8 Å². The summed E-state index contributed by atoms with van der Waals surface area (Å²) in [6, 6.07) is 12.9. The first-order valence-electron chi connectivity index (χ1n) is 14.4. The van der Waals surface area contributed by atoms with Crippen LogP contribution in [0.5, 0.6) is 5.75 Å². The topological polar surface area (TPSA) is 118 Å². The van der Waals surface area contributed by atoms with Gasteiger partial charge in [0.1, 0.15) is 23.7 Å². The van der Waals surface area contributed by atoms with Gasteiger partial charge in [0.05, 0.1) is 25.2 Å². The Morgan fingerprint density at radius 3 is 2.60 bits per heavy atom. The third-order valence-corrected chi connectivity index (χ3v) is 9.99. The van der Waals surface area contributed by atoms with Crippen LogP contribution in [0.25, 0.3) is 0 Å². The normalized spacial score (nSPS) is 25.2. The fourth-order valence-corrected chi connectivity index (χ4v) is 6.92. The molecule has 0 aliphatic carbocycles. The summed E-state index contributed by atoms with van der Waals surface area (Å²) in [6.07, 6.45) is 6.12. The Balaban J connectivity index is 1.34. The monoisotopic (exact) mass is 594 g/mol. The molecule has 0 aromatic heterocycles. The smallest absolute Gasteiger partial charge is 0.253 e. The van der Waals surface area contributed by atoms with Crippen molar-refractivity contribution < 1.29 is 27.5 Å². The van der Waals surface area contributed by atoms with E-state index >= 15 is 0 Å². The molecule has 7 rings (SSSR count). The first-order valence-corrected chi connectivity index (χ1v) is 16.0. The molecule has 2 aromatic rings. The number of carbonyl (C=O) groups excluding carboxylic acids is 2. The summed E-state index contributed by atoms with van der Waals surface area (Å²) in [6.45, 7) is 3.67. The SMILES string of the molecule is Cc1cc2ccc1CCS(=O)(=O)N1CCC3(CC1)N=C(NC3=O)c1cccc(c1)OCCCC=COCCN(C)C2=O. The molecule has 1 fully saturated rings. The number of amides is 2. The maximum absolute atomic E-state index is 13.3. The van der Waals surface area contributed by atoms with Gasteiger partial charge in [-0.25, -0.2) is 12.7 Å². The van der Waals surface area contributed by atoms with Crippen LogP contribution >= 0.6 is 0 Å². The molecule has 2 amide bonds. The molecule has 5 aliphatic heterocycles. The number of aryl methyl sites for hydroxylation is 2. The first kappa shape index (κ1) is 29.8. The van der Waals surface area contributed by atoms with Crippen molar-refractivity contribution >= 4 is 27.7 Å². The lowest BCUT2D eigenvalue weighted by Gasteiger charge is -2.34. The molecule has 5 heterocycles. The van der Waals surface area contributed by atoms with Crippen molar-refractivity contribution in [2.45, 2.75) is 44.6 Å². The summed E-state index contributed by atoms with van der Waals surface area (Å²) >= 11 is 0. The molecule has 224 valence electrons. The number of ether oxygens (including phenoxy) is 2. The van der Waals surface area contributed by atoms with E-state index < -0.39 is 15.6 Å². The van der Waals surface area contributed by atoms with E-state index in [4.69, 9.17) is 14.5 Å². The third-order valence-electron chi connectivity index (χ3n) is 8.12. The van der Waals surface area contributed by atoms with Gasteiger partial charge in [-0.15, -0.1) is 0 Å². The predicted octanol–water partition coefficient (Wildman–Crippen LogP) is 3.05. The number of benzene rings is 2. The molecule has 0 atom stereocenters. The van der Waals surface area contributed by atoms with E-state index in [0.717, 1.165) is 29.5 Å². The molecule has 1 N–H and O–H groups in total. The van der Waals surface area contributed by atoms with Gasteiger partial charge in [0, 0.05) is 31.3 Å². The Kier molecular flexibility index (Phi) is 8.98. The second-order valence-electron chi connectivity index (χ2n) is 11.0. The Labute approximate surface area is 247 Å². The number of nitrogens with zero attached hydrogens (tertiary/aromatic N) is 3. The van der Waals surface area contributed by atoms with Crippen molar-refractivity contribution in [1.82, 2.24) is 14.5 Å². The summed E-state index contributed by atoms with van der Waals surface area (Å²) in [7, 11) is -1.81. The lowest BCUT2D eigenvalue weighted by Crippen LogP contribution is -2.50. The standard InChI is InChI=1S/C31H38N4O6S/c1-23-21-26-10-9-24(23)11-20-42(38,39)35-14-12-31(13-15-35)30(37)32-28(33-31)25-7-6-8-27(22-25)41-18-5-3-4-17-40-19-16-34(2)29(26)36/h4,6-10,17,21-22H,3,5,11-16,18-20H2,1-2H3,(H,32,33,37). The Morgan fingerprint density at radius 1 is 1.00 bits per heavy atom. The highest BCUT2D eigenvalue weighted by Crippen LogP contribution is 2.32. The van der Waals surface area contributed by atoms with E-state index in [1.807, 2.05) is 49.4 Å². The van der Waals surface area contributed by atoms with E-state index in [-0.39, 0.29) is 30.7 Å². The number of fused-ring (bicyclic) bond motifs is 2. The van der Waals surface area contributed by atoms with Gasteiger partial charge in [-0.2, -0.15) is 0 Å². The summed E-state index contributed by atoms with van der Waals surface area (Å²) in [5.74, 6) is 0.806. The average Bonchev–Trinajstić information content (AvgIpc) is 3.30. The number of allylic oxidation sites excluding steroid dienone is 1. The number of hydrogen-bond donors (Lipinski definition) is 1. The zero-order valence-corrected chi connectivity index (χ0v) is 25.0. The molecule has 10 nitrogen and oxygen atoms in total. The minimum atomic E-state index is -3.55. The van der Waals surface area contributed by atoms with Crippen LogP contribution in [0, 0.1) is 6.92 Å². The van der Waals surface area contributed by atoms with Gasteiger partial charge < -0.3 is 19.7 Å². The van der Waals surface area contributed by atoms with Gasteiger partial charge in [-0.1, -0.05) is 18.2 Å². The number of amidine groups is 1. The van der Waals surface area contributed by atoms with Crippen LogP contribution in [0.2, 0.25) is 0 Å². The van der Waals surface area contributed by atoms with Crippen molar-refractivity contribution in [3.05, 3.63) is 77.1 Å². The lowest BCUT2D eigenvalue weighted by atomic mass is 9.89. The molecule has 11 heteroatoms. The fraction of sp³-hybridized carbons (Fsp3) is 0.452. The zero-order valence-electron chi connectivity index (χ0n) is 24.2. The number of sulfonamides is 1. The molecule has 7 bridgehead atoms. The largest absolute Gasteiger partial charge is 0.500 e. The number of carbonyl (C=O) groups is 2. The van der Waals surface area contributed by atoms with Crippen molar-refractivity contribution in [2.24, 2.45) is 4.99 Å². The second kappa shape index (κ2) is 12.7. The van der Waals surface area contributed by atoms with Gasteiger partial charge in [-0.05, 0) is 80.5 Å². The van der Waals surface area contributed by atoms with Crippen LogP contribution in [0.1, 0.15) is 52.7 Å². The van der Waals surface area contributed by atoms with Crippen LogP contribution in [0.3, 0.4) is 0 Å². The van der Waals surface area contributed by atoms with E-state index in [9.17, 15) is 18.0 Å². The summed E-state index contributed by atoms with van der Waals surface area (Å²) in [5.41, 5.74) is 2.09. The maximum Gasteiger partial charge on any atom is 0.253 e. The first-order chi connectivity index (χ1) is 20.2. The fourth-order valence-electron chi connectivity index (χ4n) is 5.44. The zero-order chi connectivity index (χ0) is 29.7. The molecule has 42 heavy (non-hydrogen) atoms. The summed E-state index contributed by atoms with van der Waals surface area (Å²) in [4.78, 5) is 32.4. The summed E-state index contributed by atoms with van der Waals surface area (Å²) < 4.78 is 39.5.